The standard InChI is InChI=1S/C37H62O49S7/c1-64-14-11(8-71-87(43,44)45)75-34(27(68-5)17(14)65-2)79-20-18(66-3)28(69-6)36(81-24(20)31(38)39)78-16-13(10-73-89(49,50)51)76-37(30(86-93(61,62)63)23(16)84-91(55,56)57)80-21-19(67-4)29(70-7)35(82-25(21)32(40)41)77-15-12(9-72-88(46,47)48)74-33(42)26(85-92(58,59)60)22(15)83-90(52,53)54/h11-30,33-37,42H,8-10H2,1-7H3,(H,38,39)(H,40,41)(H,43,44,45)(H,46,47,48)(H,49,50,51)(H,52,53,54)(H,55,56,57)(H,58,59,60)(H,61,62,63)/t11-,12-,13-,14-,15-,16-,17+,18+,19+,20+,21+,22+,23+,24+,25-,26-,27-,28-,29-,30-,33+,34-,35+,36-,37-/m1/s1. The number of carbonyl (C=O) groups is 2. The second kappa shape index (κ2) is 32.6. The van der Waals surface area contributed by atoms with E-state index in [1.165, 1.54) is 0 Å². The van der Waals surface area contributed by atoms with Gasteiger partial charge in [0.25, 0.3) is 0 Å². The second-order valence-electron chi connectivity index (χ2n) is 19.1. The van der Waals surface area contributed by atoms with Gasteiger partial charge in [-0.15, -0.1) is 0 Å². The molecular formula is C37H62O49S7. The number of methoxy groups -OCH3 is 7. The molecule has 0 spiro atoms. The van der Waals surface area contributed by atoms with Crippen molar-refractivity contribution in [2.45, 2.75) is 154 Å². The minimum Gasteiger partial charge on any atom is -0.479 e. The molecule has 5 aliphatic heterocycles. The van der Waals surface area contributed by atoms with Crippen molar-refractivity contribution in [2.75, 3.05) is 69.6 Å². The smallest absolute Gasteiger partial charge is 0.397 e. The van der Waals surface area contributed by atoms with E-state index < -0.39 is 258 Å². The van der Waals surface area contributed by atoms with Gasteiger partial charge in [0.1, 0.15) is 97.7 Å². The van der Waals surface area contributed by atoms with Crippen LogP contribution in [-0.4, -0.2) is 341 Å². The van der Waals surface area contributed by atoms with Crippen LogP contribution in [0.4, 0.5) is 0 Å². The normalized spacial score (nSPS) is 37.9. The van der Waals surface area contributed by atoms with Crippen LogP contribution in [-0.2, 0) is 187 Å². The van der Waals surface area contributed by atoms with Gasteiger partial charge in [0.15, 0.2) is 55.9 Å². The predicted octanol–water partition coefficient (Wildman–Crippen LogP) is -8.37. The molecule has 546 valence electrons. The van der Waals surface area contributed by atoms with Crippen molar-refractivity contribution in [3.8, 4) is 0 Å². The first-order valence-electron chi connectivity index (χ1n) is 24.9. The summed E-state index contributed by atoms with van der Waals surface area (Å²) in [6, 6.07) is 0. The fraction of sp³-hybridized carbons (Fsp3) is 0.946. The van der Waals surface area contributed by atoms with Crippen LogP contribution in [0.1, 0.15) is 0 Å². The largest absolute Gasteiger partial charge is 0.479 e. The third-order valence-corrected chi connectivity index (χ3v) is 16.6. The van der Waals surface area contributed by atoms with E-state index in [0.29, 0.717) is 14.2 Å². The van der Waals surface area contributed by atoms with Gasteiger partial charge in [-0.1, -0.05) is 0 Å². The highest BCUT2D eigenvalue weighted by atomic mass is 32.3. The maximum absolute atomic E-state index is 13.3. The summed E-state index contributed by atoms with van der Waals surface area (Å²) in [5.41, 5.74) is 0. The molecule has 0 amide bonds. The number of ether oxygens (including phenoxy) is 16. The highest BCUT2D eigenvalue weighted by molar-refractivity contribution is 7.82. The minimum absolute atomic E-state index is 0.691. The van der Waals surface area contributed by atoms with Gasteiger partial charge in [0.2, 0.25) is 0 Å². The molecule has 0 bridgehead atoms. The Labute approximate surface area is 526 Å². The lowest BCUT2D eigenvalue weighted by atomic mass is 9.94. The van der Waals surface area contributed by atoms with Crippen molar-refractivity contribution in [2.24, 2.45) is 0 Å². The number of aliphatic carboxylic acids is 2. The predicted molar refractivity (Wildman–Crippen MR) is 274 cm³/mol. The van der Waals surface area contributed by atoms with E-state index in [2.05, 4.69) is 20.9 Å². The van der Waals surface area contributed by atoms with E-state index in [1.807, 2.05) is 0 Å². The van der Waals surface area contributed by atoms with Gasteiger partial charge < -0.3 is 91.1 Å². The number of hydrogen-bond acceptors (Lipinski definition) is 40. The molecule has 0 aromatic carbocycles. The summed E-state index contributed by atoms with van der Waals surface area (Å²) in [4.78, 5) is 26.5. The molecular weight excluding hydrogens is 1450 g/mol. The molecule has 5 heterocycles. The molecule has 0 aromatic heterocycles. The quantitative estimate of drug-likeness (QED) is 0.0268. The van der Waals surface area contributed by atoms with Crippen molar-refractivity contribution >= 4 is 84.7 Å². The molecule has 0 aliphatic carbocycles. The Morgan fingerprint density at radius 3 is 0.849 bits per heavy atom. The molecule has 5 fully saturated rings. The molecule has 5 aliphatic rings. The van der Waals surface area contributed by atoms with Gasteiger partial charge in [0, 0.05) is 49.8 Å². The third-order valence-electron chi connectivity index (χ3n) is 13.4. The third kappa shape index (κ3) is 22.7. The van der Waals surface area contributed by atoms with Crippen LogP contribution in [0.25, 0.3) is 0 Å². The van der Waals surface area contributed by atoms with Gasteiger partial charge in [-0.05, 0) is 0 Å². The topological polar surface area (TPSA) is 688 Å². The average molecular weight is 1520 g/mol. The Morgan fingerprint density at radius 1 is 0.301 bits per heavy atom. The Morgan fingerprint density at radius 2 is 0.548 bits per heavy atom. The zero-order valence-corrected chi connectivity index (χ0v) is 53.5. The summed E-state index contributed by atoms with van der Waals surface area (Å²) in [5, 5.41) is 32.0. The van der Waals surface area contributed by atoms with Crippen LogP contribution in [0.3, 0.4) is 0 Å². The average Bonchev–Trinajstić information content (AvgIpc) is 0.767. The van der Waals surface area contributed by atoms with Crippen LogP contribution in [0.2, 0.25) is 0 Å². The molecule has 25 atom stereocenters. The SMILES string of the molecule is CO[C@@H]1[C@@H](OC)[C@H](O[C@H]2[C@H](OS(=O)(=O)O)[C@@H](OS(=O)(=O)O)[C@@H](O[C@H]3[C@H](OC)[C@@H](OC)[C@@H](O[C@H]4[C@H](OS(=O)(=O)O)[C@@H](OS(=O)(=O)O)[C@@H](O)O[C@@H]4COS(=O)(=O)O)O[C@H]3C(=O)O)O[C@@H]2COS(=O)(=O)O)O[C@H](C(=O)O)[C@H]1O[C@H]1O[C@H](COS(=O)(=O)O)[C@@H](OC)[C@H](OC)[C@H]1OC. The number of aliphatic hydroxyl groups excluding tert-OH is 1. The summed E-state index contributed by atoms with van der Waals surface area (Å²) in [6.07, 6.45) is -60.2. The summed E-state index contributed by atoms with van der Waals surface area (Å²) < 4.78 is 359. The lowest BCUT2D eigenvalue weighted by molar-refractivity contribution is -0.388. The minimum atomic E-state index is -6.20. The number of carboxylic acid groups (broad SMARTS) is 2. The van der Waals surface area contributed by atoms with Gasteiger partial charge >= 0.3 is 84.7 Å². The Hall–Kier alpha value is -2.65. The number of carboxylic acids is 2. The van der Waals surface area contributed by atoms with Gasteiger partial charge in [0.05, 0.1) is 19.8 Å². The fourth-order valence-electron chi connectivity index (χ4n) is 10.0. The maximum atomic E-state index is 13.3. The molecule has 49 nitrogen and oxygen atoms in total. The lowest BCUT2D eigenvalue weighted by Gasteiger charge is -2.51. The molecule has 10 N–H and O–H groups in total. The highest BCUT2D eigenvalue weighted by Gasteiger charge is 2.62. The van der Waals surface area contributed by atoms with Gasteiger partial charge in [-0.3, -0.25) is 31.9 Å². The van der Waals surface area contributed by atoms with Crippen molar-refractivity contribution in [1.82, 2.24) is 0 Å². The van der Waals surface area contributed by atoms with E-state index in [-0.39, 0.29) is 0 Å². The first kappa shape index (κ1) is 81.0. The maximum Gasteiger partial charge on any atom is 0.397 e. The van der Waals surface area contributed by atoms with Crippen LogP contribution >= 0.6 is 0 Å². The van der Waals surface area contributed by atoms with Crippen molar-refractivity contribution in [3.63, 3.8) is 0 Å². The summed E-state index contributed by atoms with van der Waals surface area (Å²) in [6.45, 7) is -4.42. The van der Waals surface area contributed by atoms with Crippen LogP contribution in [0.15, 0.2) is 0 Å². The summed E-state index contributed by atoms with van der Waals surface area (Å²) in [7, 11) is -34.3. The molecule has 5 saturated heterocycles. The first-order valence-corrected chi connectivity index (χ1v) is 34.5. The van der Waals surface area contributed by atoms with E-state index in [9.17, 15) is 116 Å². The molecule has 0 saturated carbocycles. The second-order valence-corrected chi connectivity index (χ2v) is 26.5. The summed E-state index contributed by atoms with van der Waals surface area (Å²) >= 11 is 0. The summed E-state index contributed by atoms with van der Waals surface area (Å²) in [5.74, 6) is -4.31. The Kier molecular flexibility index (Phi) is 28.4. The highest BCUT2D eigenvalue weighted by Crippen LogP contribution is 2.41. The Bertz CT molecular complexity index is 3320. The zero-order valence-electron chi connectivity index (χ0n) is 47.8. The number of aliphatic hydroxyl groups is 1. The van der Waals surface area contributed by atoms with Crippen LogP contribution in [0.5, 0.6) is 0 Å². The molecule has 0 unspecified atom stereocenters. The van der Waals surface area contributed by atoms with E-state index >= 15 is 0 Å². The van der Waals surface area contributed by atoms with E-state index in [1.54, 1.807) is 0 Å². The monoisotopic (exact) mass is 1510 g/mol. The van der Waals surface area contributed by atoms with Gasteiger partial charge in [-0.2, -0.15) is 58.9 Å². The first-order chi connectivity index (χ1) is 42.7. The van der Waals surface area contributed by atoms with E-state index in [0.717, 1.165) is 35.5 Å². The molecule has 0 aromatic rings. The van der Waals surface area contributed by atoms with Crippen molar-refractivity contribution in [3.05, 3.63) is 0 Å². The van der Waals surface area contributed by atoms with Crippen molar-refractivity contribution in [1.29, 1.82) is 0 Å². The number of hydrogen-bond donors (Lipinski definition) is 10. The van der Waals surface area contributed by atoms with Crippen LogP contribution < -0.4 is 0 Å². The number of rotatable bonds is 34. The molecule has 93 heavy (non-hydrogen) atoms. The lowest BCUT2D eigenvalue weighted by Crippen LogP contribution is -2.70. The van der Waals surface area contributed by atoms with E-state index in [4.69, 9.17) is 84.2 Å². The fourth-order valence-corrected chi connectivity index (χ4v) is 12.9. The van der Waals surface area contributed by atoms with Gasteiger partial charge in [-0.25, -0.2) is 38.9 Å². The van der Waals surface area contributed by atoms with Crippen LogP contribution in [0, 0.1) is 0 Å². The van der Waals surface area contributed by atoms with Crippen molar-refractivity contribution < 1.29 is 221 Å². The molecule has 56 heteroatoms. The molecule has 5 rings (SSSR count). The molecule has 0 radical (unpaired) electrons. The zero-order chi connectivity index (χ0) is 70.5. The Balaban J connectivity index is 1.62.